The fourth-order valence-corrected chi connectivity index (χ4v) is 1.94. The molecule has 0 aliphatic carbocycles. The van der Waals surface area contributed by atoms with Crippen molar-refractivity contribution in [1.29, 1.82) is 0 Å². The van der Waals surface area contributed by atoms with Gasteiger partial charge in [-0.1, -0.05) is 15.9 Å². The highest BCUT2D eigenvalue weighted by atomic mass is 79.9. The summed E-state index contributed by atoms with van der Waals surface area (Å²) >= 11 is 3.35. The summed E-state index contributed by atoms with van der Waals surface area (Å²) in [5.74, 6) is 0.875. The lowest BCUT2D eigenvalue weighted by Gasteiger charge is -2.09. The van der Waals surface area contributed by atoms with Crippen LogP contribution in [0.5, 0.6) is 11.5 Å². The van der Waals surface area contributed by atoms with E-state index in [1.807, 2.05) is 24.3 Å². The Bertz CT molecular complexity index is 560. The molecule has 2 aromatic carbocycles. The van der Waals surface area contributed by atoms with Crippen molar-refractivity contribution in [2.45, 2.75) is 6.54 Å². The van der Waals surface area contributed by atoms with E-state index in [0.29, 0.717) is 24.5 Å². The van der Waals surface area contributed by atoms with Gasteiger partial charge in [0.25, 0.3) is 0 Å². The van der Waals surface area contributed by atoms with E-state index in [2.05, 4.69) is 15.9 Å². The van der Waals surface area contributed by atoms with Crippen molar-refractivity contribution in [3.63, 3.8) is 0 Å². The second-order valence-electron chi connectivity index (χ2n) is 4.15. The van der Waals surface area contributed by atoms with Crippen molar-refractivity contribution in [1.82, 2.24) is 0 Å². The molecule has 0 fully saturated rings. The van der Waals surface area contributed by atoms with Crippen LogP contribution in [-0.4, -0.2) is 13.2 Å². The summed E-state index contributed by atoms with van der Waals surface area (Å²) in [5, 5.41) is 0. The molecule has 0 bridgehead atoms. The molecule has 2 N–H and O–H groups in total. The number of hydrogen-bond acceptors (Lipinski definition) is 3. The maximum Gasteiger partial charge on any atom is 0.127 e. The van der Waals surface area contributed by atoms with Crippen LogP contribution in [0.15, 0.2) is 46.9 Å². The normalized spacial score (nSPS) is 10.3. The van der Waals surface area contributed by atoms with Crippen LogP contribution >= 0.6 is 15.9 Å². The number of hydrogen-bond donors (Lipinski definition) is 1. The molecule has 0 amide bonds. The molecule has 2 aromatic rings. The molecule has 106 valence electrons. The van der Waals surface area contributed by atoms with Crippen LogP contribution < -0.4 is 15.2 Å². The monoisotopic (exact) mass is 339 g/mol. The molecule has 0 aromatic heterocycles. The average molecular weight is 340 g/mol. The first-order valence-electron chi connectivity index (χ1n) is 6.18. The number of benzene rings is 2. The van der Waals surface area contributed by atoms with Gasteiger partial charge in [-0.25, -0.2) is 4.39 Å². The lowest BCUT2D eigenvalue weighted by Crippen LogP contribution is -2.09. The number of rotatable bonds is 6. The highest BCUT2D eigenvalue weighted by Gasteiger charge is 2.01. The summed E-state index contributed by atoms with van der Waals surface area (Å²) < 4.78 is 25.2. The molecule has 0 spiro atoms. The molecule has 0 heterocycles. The Kier molecular flexibility index (Phi) is 5.38. The zero-order valence-electron chi connectivity index (χ0n) is 10.8. The van der Waals surface area contributed by atoms with Crippen LogP contribution in [0.2, 0.25) is 0 Å². The fourth-order valence-electron chi connectivity index (χ4n) is 1.67. The summed E-state index contributed by atoms with van der Waals surface area (Å²) in [6.07, 6.45) is 0. The van der Waals surface area contributed by atoms with Gasteiger partial charge in [0.2, 0.25) is 0 Å². The molecule has 0 saturated heterocycles. The quantitative estimate of drug-likeness (QED) is 0.819. The molecule has 5 heteroatoms. The van der Waals surface area contributed by atoms with Gasteiger partial charge in [0.1, 0.15) is 30.5 Å². The van der Waals surface area contributed by atoms with Crippen LogP contribution in [0, 0.1) is 5.82 Å². The molecule has 0 aliphatic rings. The van der Waals surface area contributed by atoms with Crippen LogP contribution in [0.25, 0.3) is 0 Å². The fraction of sp³-hybridized carbons (Fsp3) is 0.200. The summed E-state index contributed by atoms with van der Waals surface area (Å²) in [7, 11) is 0. The van der Waals surface area contributed by atoms with Gasteiger partial charge < -0.3 is 15.2 Å². The standard InChI is InChI=1S/C15H15BrFNO2/c16-12-1-3-14(4-2-12)19-5-6-20-15-8-11(10-18)7-13(17)9-15/h1-4,7-9H,5-6,10,18H2. The molecular weight excluding hydrogens is 325 g/mol. The predicted octanol–water partition coefficient (Wildman–Crippen LogP) is 3.50. The number of nitrogens with two attached hydrogens (primary N) is 1. The van der Waals surface area contributed by atoms with Crippen molar-refractivity contribution in [3.8, 4) is 11.5 Å². The Morgan fingerprint density at radius 1 is 0.950 bits per heavy atom. The van der Waals surface area contributed by atoms with E-state index in [-0.39, 0.29) is 12.4 Å². The van der Waals surface area contributed by atoms with E-state index in [1.165, 1.54) is 12.1 Å². The second-order valence-corrected chi connectivity index (χ2v) is 5.07. The summed E-state index contributed by atoms with van der Waals surface area (Å²) in [6.45, 7) is 1.00. The van der Waals surface area contributed by atoms with Crippen molar-refractivity contribution in [2.24, 2.45) is 5.73 Å². The first-order valence-corrected chi connectivity index (χ1v) is 6.97. The van der Waals surface area contributed by atoms with Gasteiger partial charge >= 0.3 is 0 Å². The van der Waals surface area contributed by atoms with E-state index >= 15 is 0 Å². The molecular formula is C15H15BrFNO2. The van der Waals surface area contributed by atoms with E-state index < -0.39 is 0 Å². The minimum atomic E-state index is -0.350. The van der Waals surface area contributed by atoms with E-state index in [1.54, 1.807) is 6.07 Å². The minimum Gasteiger partial charge on any atom is -0.490 e. The smallest absolute Gasteiger partial charge is 0.127 e. The summed E-state index contributed by atoms with van der Waals surface area (Å²) in [6, 6.07) is 12.0. The van der Waals surface area contributed by atoms with Gasteiger partial charge in [-0.3, -0.25) is 0 Å². The third-order valence-corrected chi connectivity index (χ3v) is 3.13. The number of ether oxygens (including phenoxy) is 2. The van der Waals surface area contributed by atoms with Crippen molar-refractivity contribution in [2.75, 3.05) is 13.2 Å². The van der Waals surface area contributed by atoms with Gasteiger partial charge in [-0.2, -0.15) is 0 Å². The van der Waals surface area contributed by atoms with Crippen molar-refractivity contribution in [3.05, 3.63) is 58.3 Å². The number of halogens is 2. The van der Waals surface area contributed by atoms with Gasteiger partial charge in [-0.05, 0) is 42.0 Å². The SMILES string of the molecule is NCc1cc(F)cc(OCCOc2ccc(Br)cc2)c1. The Hall–Kier alpha value is -1.59. The average Bonchev–Trinajstić information content (AvgIpc) is 2.45. The highest BCUT2D eigenvalue weighted by molar-refractivity contribution is 9.10. The van der Waals surface area contributed by atoms with Gasteiger partial charge in [-0.15, -0.1) is 0 Å². The zero-order chi connectivity index (χ0) is 14.4. The maximum atomic E-state index is 13.3. The van der Waals surface area contributed by atoms with Crippen molar-refractivity contribution < 1.29 is 13.9 Å². The Balaban J connectivity index is 1.81. The van der Waals surface area contributed by atoms with E-state index in [0.717, 1.165) is 10.2 Å². The molecule has 0 radical (unpaired) electrons. The second kappa shape index (κ2) is 7.26. The molecule has 0 saturated carbocycles. The van der Waals surface area contributed by atoms with Gasteiger partial charge in [0.05, 0.1) is 0 Å². The van der Waals surface area contributed by atoms with E-state index in [4.69, 9.17) is 15.2 Å². The topological polar surface area (TPSA) is 44.5 Å². The Labute approximate surface area is 125 Å². The lowest BCUT2D eigenvalue weighted by molar-refractivity contribution is 0.216. The first-order chi connectivity index (χ1) is 9.67. The largest absolute Gasteiger partial charge is 0.490 e. The third kappa shape index (κ3) is 4.51. The zero-order valence-corrected chi connectivity index (χ0v) is 12.4. The predicted molar refractivity (Wildman–Crippen MR) is 79.4 cm³/mol. The molecule has 3 nitrogen and oxygen atoms in total. The maximum absolute atomic E-state index is 13.3. The van der Waals surface area contributed by atoms with Gasteiger partial charge in [0, 0.05) is 17.1 Å². The van der Waals surface area contributed by atoms with Crippen LogP contribution in [0.4, 0.5) is 4.39 Å². The van der Waals surface area contributed by atoms with Gasteiger partial charge in [0.15, 0.2) is 0 Å². The van der Waals surface area contributed by atoms with Crippen LogP contribution in [-0.2, 0) is 6.54 Å². The molecule has 0 atom stereocenters. The molecule has 2 rings (SSSR count). The van der Waals surface area contributed by atoms with Crippen LogP contribution in [0.1, 0.15) is 5.56 Å². The minimum absolute atomic E-state index is 0.281. The lowest BCUT2D eigenvalue weighted by atomic mass is 10.2. The highest BCUT2D eigenvalue weighted by Crippen LogP contribution is 2.17. The van der Waals surface area contributed by atoms with E-state index in [9.17, 15) is 4.39 Å². The molecule has 0 aliphatic heterocycles. The summed E-state index contributed by atoms with van der Waals surface area (Å²) in [4.78, 5) is 0. The van der Waals surface area contributed by atoms with Crippen LogP contribution in [0.3, 0.4) is 0 Å². The Morgan fingerprint density at radius 2 is 1.60 bits per heavy atom. The first kappa shape index (κ1) is 14.8. The molecule has 20 heavy (non-hydrogen) atoms. The summed E-state index contributed by atoms with van der Waals surface area (Å²) in [5.41, 5.74) is 6.18. The third-order valence-electron chi connectivity index (χ3n) is 2.60. The van der Waals surface area contributed by atoms with Crippen molar-refractivity contribution >= 4 is 15.9 Å². The Morgan fingerprint density at radius 3 is 2.25 bits per heavy atom. The molecule has 0 unspecified atom stereocenters.